The molecule has 1 heterocycles. The summed E-state index contributed by atoms with van der Waals surface area (Å²) >= 11 is 0. The Hall–Kier alpha value is -1.68. The SMILES string of the molecule is O=c1cnn(CCCCNC2CC2)c2ccccc12. The Kier molecular flexibility index (Phi) is 3.60. The van der Waals surface area contributed by atoms with Gasteiger partial charge in [-0.25, -0.2) is 0 Å². The summed E-state index contributed by atoms with van der Waals surface area (Å²) in [5.41, 5.74) is 0.937. The maximum atomic E-state index is 11.7. The molecule has 0 aliphatic heterocycles. The van der Waals surface area contributed by atoms with Gasteiger partial charge in [-0.3, -0.25) is 9.48 Å². The standard InChI is InChI=1S/C15H19N3O/c19-15-11-17-18(14-6-2-1-5-13(14)15)10-4-3-9-16-12-7-8-12/h1-2,5-6,11-12,16H,3-4,7-10H2. The highest BCUT2D eigenvalue weighted by atomic mass is 16.1. The first kappa shape index (κ1) is 12.4. The van der Waals surface area contributed by atoms with Gasteiger partial charge < -0.3 is 5.32 Å². The van der Waals surface area contributed by atoms with Gasteiger partial charge in [0.05, 0.1) is 11.7 Å². The van der Waals surface area contributed by atoms with E-state index < -0.39 is 0 Å². The van der Waals surface area contributed by atoms with Crippen LogP contribution in [0.2, 0.25) is 0 Å². The van der Waals surface area contributed by atoms with Crippen LogP contribution in [0.5, 0.6) is 0 Å². The first-order valence-electron chi connectivity index (χ1n) is 7.03. The minimum atomic E-state index is 0.00208. The number of aromatic nitrogens is 2. The lowest BCUT2D eigenvalue weighted by Crippen LogP contribution is -2.18. The molecule has 1 aliphatic rings. The lowest BCUT2D eigenvalue weighted by atomic mass is 10.2. The van der Waals surface area contributed by atoms with E-state index in [1.165, 1.54) is 19.0 Å². The second-order valence-electron chi connectivity index (χ2n) is 5.18. The Bertz CT molecular complexity index is 616. The molecule has 1 N–H and O–H groups in total. The molecule has 3 rings (SSSR count). The van der Waals surface area contributed by atoms with E-state index in [0.29, 0.717) is 0 Å². The molecule has 0 radical (unpaired) electrons. The summed E-state index contributed by atoms with van der Waals surface area (Å²) in [7, 11) is 0. The molecule has 100 valence electrons. The highest BCUT2D eigenvalue weighted by molar-refractivity contribution is 5.77. The van der Waals surface area contributed by atoms with Crippen LogP contribution < -0.4 is 10.7 Å². The molecule has 2 aromatic rings. The van der Waals surface area contributed by atoms with Crippen molar-refractivity contribution in [1.82, 2.24) is 15.1 Å². The zero-order chi connectivity index (χ0) is 13.1. The van der Waals surface area contributed by atoms with Gasteiger partial charge in [0, 0.05) is 18.0 Å². The van der Waals surface area contributed by atoms with Crippen molar-refractivity contribution in [3.05, 3.63) is 40.7 Å². The summed E-state index contributed by atoms with van der Waals surface area (Å²) in [5.74, 6) is 0. The van der Waals surface area contributed by atoms with Gasteiger partial charge in [-0.15, -0.1) is 0 Å². The van der Waals surface area contributed by atoms with Gasteiger partial charge >= 0.3 is 0 Å². The van der Waals surface area contributed by atoms with Crippen LogP contribution in [0.25, 0.3) is 10.9 Å². The predicted octanol–water partition coefficient (Wildman–Crippen LogP) is 1.93. The molecule has 1 aromatic heterocycles. The number of hydrogen-bond donors (Lipinski definition) is 1. The van der Waals surface area contributed by atoms with Crippen LogP contribution in [0, 0.1) is 0 Å². The number of nitrogens with zero attached hydrogens (tertiary/aromatic N) is 2. The maximum Gasteiger partial charge on any atom is 0.207 e. The number of unbranched alkanes of at least 4 members (excludes halogenated alkanes) is 1. The van der Waals surface area contributed by atoms with Crippen LogP contribution in [-0.2, 0) is 6.54 Å². The Morgan fingerprint density at radius 1 is 1.26 bits per heavy atom. The molecule has 0 atom stereocenters. The van der Waals surface area contributed by atoms with Crippen LogP contribution in [0.15, 0.2) is 35.3 Å². The monoisotopic (exact) mass is 257 g/mol. The van der Waals surface area contributed by atoms with Gasteiger partial charge in [-0.1, -0.05) is 12.1 Å². The van der Waals surface area contributed by atoms with Gasteiger partial charge in [0.2, 0.25) is 5.43 Å². The van der Waals surface area contributed by atoms with E-state index in [1.807, 2.05) is 28.9 Å². The average molecular weight is 257 g/mol. The fraction of sp³-hybridized carbons (Fsp3) is 0.467. The van der Waals surface area contributed by atoms with Crippen LogP contribution in [0.3, 0.4) is 0 Å². The van der Waals surface area contributed by atoms with Gasteiger partial charge in [0.25, 0.3) is 0 Å². The molecule has 0 amide bonds. The van der Waals surface area contributed by atoms with Gasteiger partial charge in [0.1, 0.15) is 0 Å². The smallest absolute Gasteiger partial charge is 0.207 e. The van der Waals surface area contributed by atoms with Crippen molar-refractivity contribution in [3.63, 3.8) is 0 Å². The van der Waals surface area contributed by atoms with E-state index in [1.54, 1.807) is 0 Å². The highest BCUT2D eigenvalue weighted by Gasteiger charge is 2.19. The van der Waals surface area contributed by atoms with Gasteiger partial charge in [-0.05, 0) is 44.4 Å². The summed E-state index contributed by atoms with van der Waals surface area (Å²) in [6.45, 7) is 1.95. The normalized spacial score (nSPS) is 14.9. The molecular formula is C15H19N3O. The van der Waals surface area contributed by atoms with E-state index in [2.05, 4.69) is 10.4 Å². The van der Waals surface area contributed by atoms with Crippen molar-refractivity contribution in [3.8, 4) is 0 Å². The molecule has 1 aliphatic carbocycles. The number of para-hydroxylation sites is 1. The topological polar surface area (TPSA) is 46.9 Å². The Morgan fingerprint density at radius 2 is 2.11 bits per heavy atom. The molecule has 4 heteroatoms. The summed E-state index contributed by atoms with van der Waals surface area (Å²) < 4.78 is 1.94. The molecule has 0 bridgehead atoms. The zero-order valence-electron chi connectivity index (χ0n) is 11.0. The molecule has 1 saturated carbocycles. The van der Waals surface area contributed by atoms with Crippen molar-refractivity contribution in [2.75, 3.05) is 6.54 Å². The fourth-order valence-corrected chi connectivity index (χ4v) is 2.32. The van der Waals surface area contributed by atoms with Gasteiger partial charge in [-0.2, -0.15) is 5.10 Å². The van der Waals surface area contributed by atoms with E-state index in [0.717, 1.165) is 42.9 Å². The lowest BCUT2D eigenvalue weighted by molar-refractivity contribution is 0.539. The van der Waals surface area contributed by atoms with Crippen LogP contribution in [0.1, 0.15) is 25.7 Å². The van der Waals surface area contributed by atoms with Crippen molar-refractivity contribution in [2.24, 2.45) is 0 Å². The molecule has 0 unspecified atom stereocenters. The molecule has 4 nitrogen and oxygen atoms in total. The third-order valence-corrected chi connectivity index (χ3v) is 3.57. The quantitative estimate of drug-likeness (QED) is 0.804. The Balaban J connectivity index is 1.63. The van der Waals surface area contributed by atoms with E-state index in [4.69, 9.17) is 0 Å². The summed E-state index contributed by atoms with van der Waals surface area (Å²) in [6.07, 6.45) is 6.33. The van der Waals surface area contributed by atoms with Crippen molar-refractivity contribution >= 4 is 10.9 Å². The first-order valence-corrected chi connectivity index (χ1v) is 7.03. The van der Waals surface area contributed by atoms with Crippen molar-refractivity contribution < 1.29 is 0 Å². The summed E-state index contributed by atoms with van der Waals surface area (Å²) in [5, 5.41) is 8.50. The maximum absolute atomic E-state index is 11.7. The summed E-state index contributed by atoms with van der Waals surface area (Å²) in [6, 6.07) is 8.46. The molecule has 0 spiro atoms. The zero-order valence-corrected chi connectivity index (χ0v) is 11.0. The minimum absolute atomic E-state index is 0.00208. The lowest BCUT2D eigenvalue weighted by Gasteiger charge is -2.09. The third kappa shape index (κ3) is 3.01. The Labute approximate surface area is 112 Å². The highest BCUT2D eigenvalue weighted by Crippen LogP contribution is 2.18. The number of fused-ring (bicyclic) bond motifs is 1. The minimum Gasteiger partial charge on any atom is -0.314 e. The number of aryl methyl sites for hydroxylation is 1. The second-order valence-corrected chi connectivity index (χ2v) is 5.18. The Morgan fingerprint density at radius 3 is 2.95 bits per heavy atom. The van der Waals surface area contributed by atoms with Crippen molar-refractivity contribution in [2.45, 2.75) is 38.3 Å². The van der Waals surface area contributed by atoms with Crippen LogP contribution in [-0.4, -0.2) is 22.4 Å². The summed E-state index contributed by atoms with van der Waals surface area (Å²) in [4.78, 5) is 11.7. The van der Waals surface area contributed by atoms with E-state index in [-0.39, 0.29) is 5.43 Å². The molecule has 1 fully saturated rings. The number of nitrogens with one attached hydrogen (secondary N) is 1. The van der Waals surface area contributed by atoms with Gasteiger partial charge in [0.15, 0.2) is 0 Å². The number of hydrogen-bond acceptors (Lipinski definition) is 3. The number of rotatable bonds is 6. The molecule has 0 saturated heterocycles. The fourth-order valence-electron chi connectivity index (χ4n) is 2.32. The van der Waals surface area contributed by atoms with Crippen LogP contribution >= 0.6 is 0 Å². The van der Waals surface area contributed by atoms with Crippen LogP contribution in [0.4, 0.5) is 0 Å². The van der Waals surface area contributed by atoms with E-state index >= 15 is 0 Å². The first-order chi connectivity index (χ1) is 9.34. The molecular weight excluding hydrogens is 238 g/mol. The third-order valence-electron chi connectivity index (χ3n) is 3.57. The predicted molar refractivity (Wildman–Crippen MR) is 76.3 cm³/mol. The van der Waals surface area contributed by atoms with Crippen molar-refractivity contribution in [1.29, 1.82) is 0 Å². The van der Waals surface area contributed by atoms with E-state index in [9.17, 15) is 4.79 Å². The molecule has 19 heavy (non-hydrogen) atoms. The largest absolute Gasteiger partial charge is 0.314 e. The number of benzene rings is 1. The average Bonchev–Trinajstić information content (AvgIpc) is 3.25. The molecule has 1 aromatic carbocycles. The second kappa shape index (κ2) is 5.53.